The van der Waals surface area contributed by atoms with Crippen LogP contribution in [0.5, 0.6) is 5.75 Å². The van der Waals surface area contributed by atoms with Gasteiger partial charge in [0.1, 0.15) is 22.7 Å². The Kier molecular flexibility index (Phi) is 4.44. The van der Waals surface area contributed by atoms with Crippen LogP contribution in [0.2, 0.25) is 0 Å². The van der Waals surface area contributed by atoms with Crippen molar-refractivity contribution in [3.05, 3.63) is 64.8 Å². The molecule has 0 radical (unpaired) electrons. The smallest absolute Gasteiger partial charge is 0.349 e. The van der Waals surface area contributed by atoms with E-state index < -0.39 is 17.4 Å². The summed E-state index contributed by atoms with van der Waals surface area (Å²) in [5.74, 6) is -0.695. The van der Waals surface area contributed by atoms with Gasteiger partial charge in [0, 0.05) is 17.9 Å². The Morgan fingerprint density at radius 2 is 1.96 bits per heavy atom. The highest BCUT2D eigenvalue weighted by molar-refractivity contribution is 5.82. The summed E-state index contributed by atoms with van der Waals surface area (Å²) in [4.78, 5) is 27.9. The van der Waals surface area contributed by atoms with Crippen LogP contribution in [0.1, 0.15) is 13.3 Å². The van der Waals surface area contributed by atoms with Crippen molar-refractivity contribution in [3.8, 4) is 28.6 Å². The molecule has 0 bridgehead atoms. The molecular weight excluding hydrogens is 367 g/mol. The molecular formula is C20H13FN2O5. The van der Waals surface area contributed by atoms with Crippen molar-refractivity contribution in [3.63, 3.8) is 0 Å². The van der Waals surface area contributed by atoms with Crippen molar-refractivity contribution in [2.24, 2.45) is 0 Å². The highest BCUT2D eigenvalue weighted by atomic mass is 19.1. The molecule has 2 aromatic heterocycles. The molecule has 0 atom stereocenters. The van der Waals surface area contributed by atoms with Gasteiger partial charge in [-0.05, 0) is 30.3 Å². The van der Waals surface area contributed by atoms with Crippen LogP contribution >= 0.6 is 0 Å². The van der Waals surface area contributed by atoms with E-state index in [1.54, 1.807) is 31.2 Å². The lowest BCUT2D eigenvalue weighted by molar-refractivity contribution is -0.134. The fourth-order valence-corrected chi connectivity index (χ4v) is 2.59. The normalized spacial score (nSPS) is 10.9. The number of carbonyl (C=O) groups excluding carboxylic acids is 1. The number of halogens is 1. The number of carbonyl (C=O) groups is 1. The fraction of sp³-hybridized carbons (Fsp3) is 0.100. The van der Waals surface area contributed by atoms with E-state index in [2.05, 4.69) is 10.1 Å². The van der Waals surface area contributed by atoms with Gasteiger partial charge in [-0.3, -0.25) is 4.79 Å². The van der Waals surface area contributed by atoms with E-state index in [9.17, 15) is 14.0 Å². The Balaban J connectivity index is 1.73. The molecule has 0 saturated carbocycles. The van der Waals surface area contributed by atoms with Crippen LogP contribution in [0.25, 0.3) is 33.8 Å². The molecule has 0 fully saturated rings. The zero-order valence-corrected chi connectivity index (χ0v) is 14.6. The van der Waals surface area contributed by atoms with Crippen molar-refractivity contribution < 1.29 is 22.9 Å². The number of hydrogen-bond acceptors (Lipinski definition) is 7. The van der Waals surface area contributed by atoms with Gasteiger partial charge < -0.3 is 13.7 Å². The van der Waals surface area contributed by atoms with Crippen molar-refractivity contribution in [2.45, 2.75) is 13.3 Å². The second-order valence-corrected chi connectivity index (χ2v) is 5.88. The molecule has 0 aliphatic carbocycles. The molecule has 0 amide bonds. The zero-order chi connectivity index (χ0) is 19.7. The van der Waals surface area contributed by atoms with E-state index in [0.29, 0.717) is 5.39 Å². The average Bonchev–Trinajstić information content (AvgIpc) is 3.17. The monoisotopic (exact) mass is 380 g/mol. The number of ether oxygens (including phenoxy) is 1. The average molecular weight is 380 g/mol. The first-order valence-electron chi connectivity index (χ1n) is 8.42. The van der Waals surface area contributed by atoms with Crippen LogP contribution in [0.4, 0.5) is 4.39 Å². The van der Waals surface area contributed by atoms with Gasteiger partial charge in [0.15, 0.2) is 0 Å². The summed E-state index contributed by atoms with van der Waals surface area (Å²) >= 11 is 0. The lowest BCUT2D eigenvalue weighted by atomic mass is 10.1. The summed E-state index contributed by atoms with van der Waals surface area (Å²) in [5, 5.41) is 4.30. The lowest BCUT2D eigenvalue weighted by Gasteiger charge is -2.04. The van der Waals surface area contributed by atoms with Gasteiger partial charge in [-0.2, -0.15) is 4.98 Å². The Morgan fingerprint density at radius 1 is 1.14 bits per heavy atom. The standard InChI is InChI=1S/C20H13FN2O5/c1-2-17(24)26-12-8-7-11-9-14(20(25)27-16(11)10-12)19-22-18(23-28-19)13-5-3-4-6-15(13)21/h3-10H,2H2,1H3. The van der Waals surface area contributed by atoms with E-state index in [-0.39, 0.29) is 40.6 Å². The third kappa shape index (κ3) is 3.27. The van der Waals surface area contributed by atoms with E-state index in [0.717, 1.165) is 0 Å². The highest BCUT2D eigenvalue weighted by Gasteiger charge is 2.18. The number of esters is 1. The summed E-state index contributed by atoms with van der Waals surface area (Å²) < 4.78 is 29.4. The third-order valence-electron chi connectivity index (χ3n) is 4.00. The number of aromatic nitrogens is 2. The van der Waals surface area contributed by atoms with Crippen LogP contribution < -0.4 is 10.4 Å². The summed E-state index contributed by atoms with van der Waals surface area (Å²) in [5.41, 5.74) is -0.273. The molecule has 0 N–H and O–H groups in total. The zero-order valence-electron chi connectivity index (χ0n) is 14.6. The molecule has 0 spiro atoms. The fourth-order valence-electron chi connectivity index (χ4n) is 2.59. The van der Waals surface area contributed by atoms with E-state index in [1.165, 1.54) is 24.3 Å². The van der Waals surface area contributed by atoms with Crippen molar-refractivity contribution in [1.82, 2.24) is 10.1 Å². The molecule has 140 valence electrons. The molecule has 4 rings (SSSR count). The minimum atomic E-state index is -0.713. The highest BCUT2D eigenvalue weighted by Crippen LogP contribution is 2.26. The molecule has 4 aromatic rings. The maximum Gasteiger partial charge on any atom is 0.349 e. The van der Waals surface area contributed by atoms with Gasteiger partial charge in [0.2, 0.25) is 5.82 Å². The molecule has 7 nitrogen and oxygen atoms in total. The predicted octanol–water partition coefficient (Wildman–Crippen LogP) is 3.96. The number of benzene rings is 2. The maximum absolute atomic E-state index is 13.9. The predicted molar refractivity (Wildman–Crippen MR) is 97.1 cm³/mol. The van der Waals surface area contributed by atoms with Crippen LogP contribution in [-0.4, -0.2) is 16.1 Å². The molecule has 0 unspecified atom stereocenters. The molecule has 0 aliphatic rings. The van der Waals surface area contributed by atoms with E-state index in [4.69, 9.17) is 13.7 Å². The summed E-state index contributed by atoms with van der Waals surface area (Å²) in [7, 11) is 0. The van der Waals surface area contributed by atoms with Gasteiger partial charge >= 0.3 is 11.6 Å². The number of rotatable bonds is 4. The Morgan fingerprint density at radius 3 is 2.75 bits per heavy atom. The van der Waals surface area contributed by atoms with Gasteiger partial charge in [-0.25, -0.2) is 9.18 Å². The second kappa shape index (κ2) is 7.07. The van der Waals surface area contributed by atoms with Gasteiger partial charge in [0.25, 0.3) is 5.89 Å². The first kappa shape index (κ1) is 17.6. The van der Waals surface area contributed by atoms with Crippen molar-refractivity contribution in [1.29, 1.82) is 0 Å². The molecule has 8 heteroatoms. The molecule has 0 saturated heterocycles. The topological polar surface area (TPSA) is 95.4 Å². The molecule has 2 aromatic carbocycles. The van der Waals surface area contributed by atoms with Crippen LogP contribution in [0.15, 0.2) is 62.3 Å². The molecule has 28 heavy (non-hydrogen) atoms. The molecule has 2 heterocycles. The van der Waals surface area contributed by atoms with Gasteiger partial charge in [0.05, 0.1) is 5.56 Å². The van der Waals surface area contributed by atoms with Crippen LogP contribution in [0.3, 0.4) is 0 Å². The summed E-state index contributed by atoms with van der Waals surface area (Å²) in [6, 6.07) is 12.2. The van der Waals surface area contributed by atoms with Gasteiger partial charge in [-0.1, -0.05) is 24.2 Å². The van der Waals surface area contributed by atoms with E-state index >= 15 is 0 Å². The largest absolute Gasteiger partial charge is 0.426 e. The number of fused-ring (bicyclic) bond motifs is 1. The Bertz CT molecular complexity index is 1240. The van der Waals surface area contributed by atoms with Crippen molar-refractivity contribution >= 4 is 16.9 Å². The first-order valence-corrected chi connectivity index (χ1v) is 8.42. The number of hydrogen-bond donors (Lipinski definition) is 0. The van der Waals surface area contributed by atoms with Crippen LogP contribution in [-0.2, 0) is 4.79 Å². The summed E-state index contributed by atoms with van der Waals surface area (Å²) in [6.07, 6.45) is 0.225. The van der Waals surface area contributed by atoms with Gasteiger partial charge in [-0.15, -0.1) is 0 Å². The van der Waals surface area contributed by atoms with Crippen molar-refractivity contribution in [2.75, 3.05) is 0 Å². The third-order valence-corrected chi connectivity index (χ3v) is 4.00. The van der Waals surface area contributed by atoms with Crippen LogP contribution in [0, 0.1) is 5.82 Å². The second-order valence-electron chi connectivity index (χ2n) is 5.88. The quantitative estimate of drug-likeness (QED) is 0.300. The first-order chi connectivity index (χ1) is 13.5. The van der Waals surface area contributed by atoms with E-state index in [1.807, 2.05) is 0 Å². The maximum atomic E-state index is 13.9. The SMILES string of the molecule is CCC(=O)Oc1ccc2cc(-c3nc(-c4ccccc4F)no3)c(=O)oc2c1. The summed E-state index contributed by atoms with van der Waals surface area (Å²) in [6.45, 7) is 1.68. The lowest BCUT2D eigenvalue weighted by Crippen LogP contribution is -2.06. The Hall–Kier alpha value is -3.81. The minimum absolute atomic E-state index is 0.0226. The number of nitrogens with zero attached hydrogens (tertiary/aromatic N) is 2. The Labute approximate surface area is 157 Å². The minimum Gasteiger partial charge on any atom is -0.426 e. The molecule has 0 aliphatic heterocycles.